The third-order valence-corrected chi connectivity index (χ3v) is 4.09. The Balaban J connectivity index is 0.000000244. The van der Waals surface area contributed by atoms with E-state index >= 15 is 0 Å². The summed E-state index contributed by atoms with van der Waals surface area (Å²) in [6.45, 7) is 1.97. The van der Waals surface area contributed by atoms with Gasteiger partial charge < -0.3 is 16.5 Å². The number of H-pyrrole nitrogens is 2. The highest BCUT2D eigenvalue weighted by Gasteiger charge is 2.13. The van der Waals surface area contributed by atoms with Crippen molar-refractivity contribution in [1.82, 2.24) is 19.9 Å². The number of aromatic nitrogens is 4. The number of nitrogens with zero attached hydrogens (tertiary/aromatic N) is 2. The molecular weight excluding hydrogens is 398 g/mol. The molecule has 0 radical (unpaired) electrons. The van der Waals surface area contributed by atoms with Crippen LogP contribution in [0.15, 0.2) is 34.0 Å². The van der Waals surface area contributed by atoms with Crippen LogP contribution in [-0.4, -0.2) is 19.9 Å². The number of anilines is 2. The number of hydrogen-bond acceptors (Lipinski definition) is 6. The summed E-state index contributed by atoms with van der Waals surface area (Å²) < 4.78 is 12.0. The Hall–Kier alpha value is -2.91. The molecule has 0 aliphatic rings. The van der Waals surface area contributed by atoms with Crippen molar-refractivity contribution in [2.75, 3.05) is 11.5 Å². The van der Waals surface area contributed by atoms with E-state index in [1.165, 1.54) is 0 Å². The van der Waals surface area contributed by atoms with Crippen molar-refractivity contribution in [3.05, 3.63) is 66.8 Å². The summed E-state index contributed by atoms with van der Waals surface area (Å²) >= 11 is 11.9. The van der Waals surface area contributed by atoms with Crippen molar-refractivity contribution in [3.8, 4) is 11.1 Å². The number of aryl methyl sites for hydroxylation is 1. The van der Waals surface area contributed by atoms with Crippen LogP contribution in [0.1, 0.15) is 12.6 Å². The highest BCUT2D eigenvalue weighted by Crippen LogP contribution is 2.33. The number of benzene rings is 1. The van der Waals surface area contributed by atoms with Gasteiger partial charge in [-0.25, -0.2) is 9.78 Å². The summed E-state index contributed by atoms with van der Waals surface area (Å²) in [6.07, 6.45) is 1.41. The Bertz CT molecular complexity index is 1080. The minimum absolute atomic E-state index is 0.174. The molecular formula is C16H15Cl2FN6O2. The van der Waals surface area contributed by atoms with E-state index in [9.17, 15) is 14.0 Å². The van der Waals surface area contributed by atoms with Gasteiger partial charge in [0.25, 0.3) is 5.56 Å². The Morgan fingerprint density at radius 2 is 1.85 bits per heavy atom. The highest BCUT2D eigenvalue weighted by molar-refractivity contribution is 6.42. The molecule has 8 nitrogen and oxygen atoms in total. The van der Waals surface area contributed by atoms with Crippen molar-refractivity contribution >= 4 is 35.0 Å². The minimum Gasteiger partial charge on any atom is -0.383 e. The van der Waals surface area contributed by atoms with E-state index in [1.807, 2.05) is 18.0 Å². The normalized spacial score (nSPS) is 10.2. The molecule has 3 rings (SSSR count). The van der Waals surface area contributed by atoms with Crippen LogP contribution in [0.2, 0.25) is 10.0 Å². The molecule has 0 fully saturated rings. The lowest BCUT2D eigenvalue weighted by molar-refractivity contribution is 0.597. The number of nitrogens with two attached hydrogens (primary N) is 2. The van der Waals surface area contributed by atoms with Crippen molar-refractivity contribution in [2.24, 2.45) is 0 Å². The molecule has 11 heteroatoms. The van der Waals surface area contributed by atoms with Gasteiger partial charge in [0.2, 0.25) is 11.8 Å². The van der Waals surface area contributed by atoms with Gasteiger partial charge in [0.15, 0.2) is 0 Å². The Morgan fingerprint density at radius 1 is 1.15 bits per heavy atom. The average Bonchev–Trinajstić information content (AvgIpc) is 2.61. The predicted molar refractivity (Wildman–Crippen MR) is 103 cm³/mol. The summed E-state index contributed by atoms with van der Waals surface area (Å²) in [4.78, 5) is 32.2. The molecule has 0 unspecified atom stereocenters. The fourth-order valence-corrected chi connectivity index (χ4v) is 2.46. The Kier molecular flexibility index (Phi) is 6.54. The van der Waals surface area contributed by atoms with Crippen LogP contribution in [0, 0.1) is 5.82 Å². The first-order valence-electron chi connectivity index (χ1n) is 7.57. The molecule has 0 spiro atoms. The first-order chi connectivity index (χ1) is 12.7. The molecule has 27 heavy (non-hydrogen) atoms. The molecule has 0 saturated carbocycles. The van der Waals surface area contributed by atoms with E-state index in [0.29, 0.717) is 28.5 Å². The lowest BCUT2D eigenvalue weighted by Gasteiger charge is -2.11. The third kappa shape index (κ3) is 5.05. The van der Waals surface area contributed by atoms with Gasteiger partial charge in [0, 0.05) is 11.8 Å². The van der Waals surface area contributed by atoms with E-state index < -0.39 is 17.1 Å². The van der Waals surface area contributed by atoms with E-state index in [2.05, 4.69) is 9.97 Å². The van der Waals surface area contributed by atoms with Crippen molar-refractivity contribution < 1.29 is 4.39 Å². The first kappa shape index (κ1) is 20.4. The Labute approximate surface area is 162 Å². The molecule has 3 aromatic rings. The lowest BCUT2D eigenvalue weighted by atomic mass is 10.0. The molecule has 0 bridgehead atoms. The van der Waals surface area contributed by atoms with Gasteiger partial charge in [-0.1, -0.05) is 36.2 Å². The van der Waals surface area contributed by atoms with Crippen LogP contribution in [-0.2, 0) is 6.42 Å². The fourth-order valence-electron chi connectivity index (χ4n) is 2.16. The van der Waals surface area contributed by atoms with Crippen LogP contribution in [0.3, 0.4) is 0 Å². The summed E-state index contributed by atoms with van der Waals surface area (Å²) in [6, 6.07) is 5.29. The largest absolute Gasteiger partial charge is 0.383 e. The van der Waals surface area contributed by atoms with E-state index in [-0.39, 0.29) is 5.95 Å². The number of halogens is 3. The zero-order valence-corrected chi connectivity index (χ0v) is 15.5. The summed E-state index contributed by atoms with van der Waals surface area (Å²) in [5.74, 6) is -0.472. The van der Waals surface area contributed by atoms with Gasteiger partial charge in [0.05, 0.1) is 15.7 Å². The van der Waals surface area contributed by atoms with Crippen LogP contribution in [0.5, 0.6) is 0 Å². The molecule has 2 heterocycles. The first-order valence-corrected chi connectivity index (χ1v) is 8.33. The molecule has 0 aliphatic carbocycles. The molecule has 0 aliphatic heterocycles. The molecule has 1 aromatic carbocycles. The molecule has 0 saturated heterocycles. The Morgan fingerprint density at radius 3 is 2.41 bits per heavy atom. The van der Waals surface area contributed by atoms with Crippen LogP contribution >= 0.6 is 23.2 Å². The number of nitrogen functional groups attached to an aromatic ring is 2. The molecule has 142 valence electrons. The molecule has 2 aromatic heterocycles. The van der Waals surface area contributed by atoms with Crippen LogP contribution in [0.4, 0.5) is 16.2 Å². The van der Waals surface area contributed by atoms with Crippen LogP contribution < -0.4 is 22.7 Å². The van der Waals surface area contributed by atoms with Gasteiger partial charge in [-0.3, -0.25) is 9.78 Å². The quantitative estimate of drug-likeness (QED) is 0.508. The van der Waals surface area contributed by atoms with Gasteiger partial charge in [-0.2, -0.15) is 9.37 Å². The second kappa shape index (κ2) is 8.65. The summed E-state index contributed by atoms with van der Waals surface area (Å²) in [7, 11) is 0. The number of hydrogen-bond donors (Lipinski definition) is 4. The van der Waals surface area contributed by atoms with Gasteiger partial charge in [0.1, 0.15) is 5.82 Å². The minimum atomic E-state index is -1.00. The maximum Gasteiger partial charge on any atom is 0.325 e. The van der Waals surface area contributed by atoms with E-state index in [4.69, 9.17) is 34.7 Å². The van der Waals surface area contributed by atoms with E-state index in [1.54, 1.807) is 17.1 Å². The second-order valence-electron chi connectivity index (χ2n) is 5.19. The standard InChI is InChI=1S/C12H12Cl2N4.C4H3FN2O2/c1-2-9-10(11(15)18-12(16)17-9)6-3-4-7(13)8(14)5-6;5-2-1-6-4(9)7-3(2)8/h3-5H,2H2,1H3,(H4,15,16,17,18);1H,(H2,6,7,8,9). The molecule has 0 atom stereocenters. The maximum atomic E-state index is 12.0. The smallest absolute Gasteiger partial charge is 0.325 e. The lowest BCUT2D eigenvalue weighted by Crippen LogP contribution is -2.23. The third-order valence-electron chi connectivity index (χ3n) is 3.35. The van der Waals surface area contributed by atoms with Crippen molar-refractivity contribution in [2.45, 2.75) is 13.3 Å². The van der Waals surface area contributed by atoms with Gasteiger partial charge in [-0.15, -0.1) is 0 Å². The topological polar surface area (TPSA) is 144 Å². The van der Waals surface area contributed by atoms with Gasteiger partial charge >= 0.3 is 5.69 Å². The summed E-state index contributed by atoms with van der Waals surface area (Å²) in [5, 5.41) is 0.959. The van der Waals surface area contributed by atoms with Gasteiger partial charge in [-0.05, 0) is 24.1 Å². The fraction of sp³-hybridized carbons (Fsp3) is 0.125. The second-order valence-corrected chi connectivity index (χ2v) is 6.01. The monoisotopic (exact) mass is 412 g/mol. The SMILES string of the molecule is CCc1nc(N)nc(N)c1-c1ccc(Cl)c(Cl)c1.O=c1[nH]cc(F)c(=O)[nH]1. The highest BCUT2D eigenvalue weighted by atomic mass is 35.5. The number of nitrogens with one attached hydrogen (secondary N) is 2. The zero-order valence-electron chi connectivity index (χ0n) is 14.0. The molecule has 6 N–H and O–H groups in total. The van der Waals surface area contributed by atoms with Crippen molar-refractivity contribution in [1.29, 1.82) is 0 Å². The zero-order chi connectivity index (χ0) is 20.1. The van der Waals surface area contributed by atoms with E-state index in [0.717, 1.165) is 16.8 Å². The molecule has 0 amide bonds. The number of aromatic amines is 2. The summed E-state index contributed by atoms with van der Waals surface area (Å²) in [5.41, 5.74) is 12.2. The van der Waals surface area contributed by atoms with Crippen LogP contribution in [0.25, 0.3) is 11.1 Å². The predicted octanol–water partition coefficient (Wildman–Crippen LogP) is 2.38. The maximum absolute atomic E-state index is 12.0. The van der Waals surface area contributed by atoms with Crippen molar-refractivity contribution in [3.63, 3.8) is 0 Å². The average molecular weight is 413 g/mol. The number of rotatable bonds is 2.